The molecule has 0 fully saturated rings. The molecule has 150 valence electrons. The Hall–Kier alpha value is -2.65. The minimum atomic E-state index is -3.93. The number of ether oxygens (including phenoxy) is 1. The standard InChI is InChI=1S/C19H13Cl2FN2O4S/c20-11-4-6-17(28-18-7-5-12(22)9-16(18)21)15(8-11)19(25)24-13-2-1-3-14(10-13)29(23,26)27/h1-10H,(H,24,25)(H2,23,26,27). The van der Waals surface area contributed by atoms with Gasteiger partial charge >= 0.3 is 0 Å². The van der Waals surface area contributed by atoms with Crippen LogP contribution >= 0.6 is 23.2 Å². The van der Waals surface area contributed by atoms with E-state index in [1.165, 1.54) is 48.5 Å². The van der Waals surface area contributed by atoms with Crippen molar-refractivity contribution in [2.45, 2.75) is 4.90 Å². The predicted molar refractivity (Wildman–Crippen MR) is 109 cm³/mol. The Balaban J connectivity index is 1.92. The van der Waals surface area contributed by atoms with Crippen LogP contribution in [0, 0.1) is 5.82 Å². The third-order valence-corrected chi connectivity index (χ3v) is 5.16. The molecule has 0 aromatic heterocycles. The van der Waals surface area contributed by atoms with Crippen molar-refractivity contribution in [2.75, 3.05) is 5.32 Å². The molecule has 0 saturated heterocycles. The SMILES string of the molecule is NS(=O)(=O)c1cccc(NC(=O)c2cc(Cl)ccc2Oc2ccc(F)cc2Cl)c1. The van der Waals surface area contributed by atoms with Crippen molar-refractivity contribution in [3.05, 3.63) is 82.1 Å². The molecule has 0 radical (unpaired) electrons. The highest BCUT2D eigenvalue weighted by atomic mass is 35.5. The van der Waals surface area contributed by atoms with Crippen LogP contribution in [0.2, 0.25) is 10.0 Å². The first-order chi connectivity index (χ1) is 13.6. The molecule has 0 unspecified atom stereocenters. The topological polar surface area (TPSA) is 98.5 Å². The zero-order valence-electron chi connectivity index (χ0n) is 14.5. The van der Waals surface area contributed by atoms with Crippen molar-refractivity contribution in [1.29, 1.82) is 0 Å². The van der Waals surface area contributed by atoms with E-state index in [-0.39, 0.29) is 37.7 Å². The van der Waals surface area contributed by atoms with E-state index in [4.69, 9.17) is 33.1 Å². The lowest BCUT2D eigenvalue weighted by Crippen LogP contribution is -2.15. The number of halogens is 3. The Labute approximate surface area is 176 Å². The summed E-state index contributed by atoms with van der Waals surface area (Å²) in [6.45, 7) is 0. The molecular formula is C19H13Cl2FN2O4S. The lowest BCUT2D eigenvalue weighted by molar-refractivity contribution is 0.102. The molecule has 0 bridgehead atoms. The highest BCUT2D eigenvalue weighted by Gasteiger charge is 2.17. The number of anilines is 1. The Morgan fingerprint density at radius 3 is 2.41 bits per heavy atom. The van der Waals surface area contributed by atoms with E-state index in [9.17, 15) is 17.6 Å². The van der Waals surface area contributed by atoms with Gasteiger partial charge in [-0.15, -0.1) is 0 Å². The maximum absolute atomic E-state index is 13.2. The number of nitrogens with two attached hydrogens (primary N) is 1. The number of hydrogen-bond donors (Lipinski definition) is 2. The van der Waals surface area contributed by atoms with Crippen LogP contribution in [-0.4, -0.2) is 14.3 Å². The second-order valence-corrected chi connectivity index (χ2v) is 8.25. The smallest absolute Gasteiger partial charge is 0.259 e. The Morgan fingerprint density at radius 1 is 1.00 bits per heavy atom. The van der Waals surface area contributed by atoms with Crippen LogP contribution in [-0.2, 0) is 10.0 Å². The first-order valence-electron chi connectivity index (χ1n) is 8.00. The van der Waals surface area contributed by atoms with Gasteiger partial charge in [-0.2, -0.15) is 0 Å². The normalized spacial score (nSPS) is 11.2. The van der Waals surface area contributed by atoms with Crippen LogP contribution in [0.1, 0.15) is 10.4 Å². The fourth-order valence-corrected chi connectivity index (χ4v) is 3.33. The molecular weight excluding hydrogens is 442 g/mol. The van der Waals surface area contributed by atoms with E-state index < -0.39 is 21.7 Å². The summed E-state index contributed by atoms with van der Waals surface area (Å²) < 4.78 is 41.9. The fraction of sp³-hybridized carbons (Fsp3) is 0. The fourth-order valence-electron chi connectivity index (χ4n) is 2.39. The van der Waals surface area contributed by atoms with Gasteiger partial charge in [-0.05, 0) is 54.6 Å². The third-order valence-electron chi connectivity index (χ3n) is 3.72. The molecule has 3 rings (SSSR count). The average molecular weight is 455 g/mol. The van der Waals surface area contributed by atoms with Gasteiger partial charge in [0.25, 0.3) is 5.91 Å². The second kappa shape index (κ2) is 8.38. The number of primary sulfonamides is 1. The van der Waals surface area contributed by atoms with Gasteiger partial charge < -0.3 is 10.1 Å². The number of nitrogens with one attached hydrogen (secondary N) is 1. The summed E-state index contributed by atoms with van der Waals surface area (Å²) in [5, 5.41) is 7.95. The minimum Gasteiger partial charge on any atom is -0.455 e. The van der Waals surface area contributed by atoms with Crippen molar-refractivity contribution in [1.82, 2.24) is 0 Å². The van der Waals surface area contributed by atoms with E-state index in [0.29, 0.717) is 0 Å². The van der Waals surface area contributed by atoms with Crippen molar-refractivity contribution >= 4 is 44.8 Å². The molecule has 10 heteroatoms. The van der Waals surface area contributed by atoms with E-state index in [1.54, 1.807) is 0 Å². The van der Waals surface area contributed by atoms with Crippen LogP contribution in [0.5, 0.6) is 11.5 Å². The number of hydrogen-bond acceptors (Lipinski definition) is 4. The number of amides is 1. The minimum absolute atomic E-state index is 0.0205. The lowest BCUT2D eigenvalue weighted by Gasteiger charge is -2.13. The molecule has 0 aliphatic carbocycles. The van der Waals surface area contributed by atoms with Crippen LogP contribution in [0.25, 0.3) is 0 Å². The summed E-state index contributed by atoms with van der Waals surface area (Å²) in [4.78, 5) is 12.6. The summed E-state index contributed by atoms with van der Waals surface area (Å²) in [5.74, 6) is -0.901. The zero-order valence-corrected chi connectivity index (χ0v) is 16.9. The van der Waals surface area contributed by atoms with E-state index in [0.717, 1.165) is 12.1 Å². The Morgan fingerprint density at radius 2 is 1.72 bits per heavy atom. The highest BCUT2D eigenvalue weighted by molar-refractivity contribution is 7.89. The predicted octanol–water partition coefficient (Wildman–Crippen LogP) is 4.82. The third kappa shape index (κ3) is 5.24. The summed E-state index contributed by atoms with van der Waals surface area (Å²) in [6, 6.07) is 13.3. The molecule has 3 N–H and O–H groups in total. The van der Waals surface area contributed by atoms with Crippen molar-refractivity contribution in [2.24, 2.45) is 5.14 Å². The van der Waals surface area contributed by atoms with Gasteiger partial charge in [-0.3, -0.25) is 4.79 Å². The van der Waals surface area contributed by atoms with Gasteiger partial charge in [0.05, 0.1) is 15.5 Å². The van der Waals surface area contributed by atoms with E-state index >= 15 is 0 Å². The van der Waals surface area contributed by atoms with Gasteiger partial charge in [0, 0.05) is 10.7 Å². The number of carbonyl (C=O) groups is 1. The molecule has 3 aromatic rings. The molecule has 1 amide bonds. The van der Waals surface area contributed by atoms with Crippen molar-refractivity contribution in [3.63, 3.8) is 0 Å². The molecule has 0 saturated carbocycles. The first kappa shape index (κ1) is 21.1. The van der Waals surface area contributed by atoms with Gasteiger partial charge in [-0.25, -0.2) is 17.9 Å². The van der Waals surface area contributed by atoms with Crippen molar-refractivity contribution in [3.8, 4) is 11.5 Å². The van der Waals surface area contributed by atoms with Gasteiger partial charge in [0.2, 0.25) is 10.0 Å². The Bertz CT molecular complexity index is 1200. The van der Waals surface area contributed by atoms with Crippen LogP contribution in [0.4, 0.5) is 10.1 Å². The van der Waals surface area contributed by atoms with Crippen molar-refractivity contribution < 1.29 is 22.3 Å². The number of sulfonamides is 1. The molecule has 0 spiro atoms. The number of benzene rings is 3. The molecule has 0 aliphatic heterocycles. The lowest BCUT2D eigenvalue weighted by atomic mass is 10.1. The quantitative estimate of drug-likeness (QED) is 0.576. The van der Waals surface area contributed by atoms with Crippen LogP contribution in [0.15, 0.2) is 65.6 Å². The number of rotatable bonds is 5. The van der Waals surface area contributed by atoms with Gasteiger partial charge in [0.1, 0.15) is 17.3 Å². The zero-order chi connectivity index (χ0) is 21.2. The molecule has 0 heterocycles. The summed E-state index contributed by atoms with van der Waals surface area (Å²) in [6.07, 6.45) is 0. The van der Waals surface area contributed by atoms with E-state index in [1.807, 2.05) is 0 Å². The monoisotopic (exact) mass is 454 g/mol. The maximum atomic E-state index is 13.2. The molecule has 29 heavy (non-hydrogen) atoms. The second-order valence-electron chi connectivity index (χ2n) is 5.84. The molecule has 0 atom stereocenters. The van der Waals surface area contributed by atoms with Crippen LogP contribution < -0.4 is 15.2 Å². The summed E-state index contributed by atoms with van der Waals surface area (Å²) >= 11 is 12.0. The molecule has 0 aliphatic rings. The summed E-state index contributed by atoms with van der Waals surface area (Å²) in [5.41, 5.74) is 0.256. The average Bonchev–Trinajstić information content (AvgIpc) is 2.64. The first-order valence-corrected chi connectivity index (χ1v) is 10.3. The van der Waals surface area contributed by atoms with Gasteiger partial charge in [0.15, 0.2) is 0 Å². The van der Waals surface area contributed by atoms with Gasteiger partial charge in [-0.1, -0.05) is 29.3 Å². The highest BCUT2D eigenvalue weighted by Crippen LogP contribution is 2.33. The largest absolute Gasteiger partial charge is 0.455 e. The van der Waals surface area contributed by atoms with Crippen LogP contribution in [0.3, 0.4) is 0 Å². The maximum Gasteiger partial charge on any atom is 0.259 e. The molecule has 3 aromatic carbocycles. The Kier molecular flexibility index (Phi) is 6.09. The van der Waals surface area contributed by atoms with E-state index in [2.05, 4.69) is 5.32 Å². The number of carbonyl (C=O) groups excluding carboxylic acids is 1. The molecule has 6 nitrogen and oxygen atoms in total. The summed E-state index contributed by atoms with van der Waals surface area (Å²) in [7, 11) is -3.93.